The lowest BCUT2D eigenvalue weighted by molar-refractivity contribution is 1.22. The van der Waals surface area contributed by atoms with Crippen molar-refractivity contribution in [3.8, 4) is 11.1 Å². The normalized spacial score (nSPS) is 13.0. The van der Waals surface area contributed by atoms with Crippen molar-refractivity contribution in [2.45, 2.75) is 48.5 Å². The first-order chi connectivity index (χ1) is 22.2. The second-order valence-electron chi connectivity index (χ2n) is 13.6. The van der Waals surface area contributed by atoms with E-state index in [9.17, 15) is 0 Å². The van der Waals surface area contributed by atoms with Gasteiger partial charge in [0.15, 0.2) is 0 Å². The van der Waals surface area contributed by atoms with Gasteiger partial charge in [0.05, 0.1) is 0 Å². The average Bonchev–Trinajstić information content (AvgIpc) is 2.99. The Balaban J connectivity index is 1.55. The zero-order valence-corrected chi connectivity index (χ0v) is 27.9. The highest BCUT2D eigenvalue weighted by atomic mass is 15.2. The Bertz CT molecular complexity index is 2170. The molecule has 0 unspecified atom stereocenters. The molecule has 0 amide bonds. The first-order valence-corrected chi connectivity index (χ1v) is 16.4. The summed E-state index contributed by atoms with van der Waals surface area (Å²) in [6.07, 6.45) is 0. The summed E-state index contributed by atoms with van der Waals surface area (Å²) >= 11 is 0. The zero-order valence-electron chi connectivity index (χ0n) is 27.9. The molecular weight excluding hydrogens is 555 g/mol. The molecule has 0 aliphatic carbocycles. The van der Waals surface area contributed by atoms with Crippen LogP contribution in [0.15, 0.2) is 109 Å². The quantitative estimate of drug-likeness (QED) is 0.188. The van der Waals surface area contributed by atoms with E-state index in [0.29, 0.717) is 0 Å². The van der Waals surface area contributed by atoms with E-state index in [2.05, 4.69) is 167 Å². The Morgan fingerprint density at radius 2 is 0.913 bits per heavy atom. The van der Waals surface area contributed by atoms with Gasteiger partial charge in [-0.15, -0.1) is 0 Å². The Labute approximate surface area is 274 Å². The third kappa shape index (κ3) is 4.41. The number of para-hydroxylation sites is 1. The molecule has 2 heterocycles. The van der Waals surface area contributed by atoms with Crippen LogP contribution < -0.4 is 26.2 Å². The molecule has 46 heavy (non-hydrogen) atoms. The average molecular weight is 595 g/mol. The zero-order chi connectivity index (χ0) is 31.9. The Morgan fingerprint density at radius 1 is 0.413 bits per heavy atom. The monoisotopic (exact) mass is 594 g/mol. The predicted octanol–water partition coefficient (Wildman–Crippen LogP) is 9.60. The van der Waals surface area contributed by atoms with Crippen molar-refractivity contribution in [1.29, 1.82) is 0 Å². The molecule has 2 aliphatic rings. The van der Waals surface area contributed by atoms with E-state index in [1.165, 1.54) is 101 Å². The highest BCUT2D eigenvalue weighted by molar-refractivity contribution is 7.00. The number of aryl methyl sites for hydroxylation is 7. The van der Waals surface area contributed by atoms with E-state index in [1.54, 1.807) is 0 Å². The lowest BCUT2D eigenvalue weighted by Gasteiger charge is -2.45. The SMILES string of the molecule is Cc1cc(C)cc(N2c3ccccc3B3c4c(C)cc(C)cc4N(c4cc(C)cc(C)c4)c4cc(-c5ccccc5C)cc2c43)c1. The molecule has 2 nitrogen and oxygen atoms in total. The van der Waals surface area contributed by atoms with Crippen LogP contribution in [-0.2, 0) is 0 Å². The van der Waals surface area contributed by atoms with Crippen LogP contribution in [0.1, 0.15) is 38.9 Å². The van der Waals surface area contributed by atoms with Crippen molar-refractivity contribution < 1.29 is 0 Å². The van der Waals surface area contributed by atoms with Gasteiger partial charge in [-0.05, 0) is 158 Å². The van der Waals surface area contributed by atoms with Gasteiger partial charge in [-0.3, -0.25) is 0 Å². The van der Waals surface area contributed by atoms with Gasteiger partial charge in [-0.25, -0.2) is 0 Å². The molecule has 0 atom stereocenters. The van der Waals surface area contributed by atoms with E-state index < -0.39 is 0 Å². The van der Waals surface area contributed by atoms with Crippen molar-refractivity contribution in [1.82, 2.24) is 0 Å². The van der Waals surface area contributed by atoms with Crippen molar-refractivity contribution >= 4 is 57.2 Å². The summed E-state index contributed by atoms with van der Waals surface area (Å²) < 4.78 is 0. The summed E-state index contributed by atoms with van der Waals surface area (Å²) in [6, 6.07) is 41.5. The summed E-state index contributed by atoms with van der Waals surface area (Å²) in [5.74, 6) is 0. The van der Waals surface area contributed by atoms with Crippen LogP contribution in [0, 0.1) is 48.5 Å². The van der Waals surface area contributed by atoms with Crippen molar-refractivity contribution in [2.75, 3.05) is 9.80 Å². The minimum absolute atomic E-state index is 0.118. The van der Waals surface area contributed by atoms with Gasteiger partial charge in [0.25, 0.3) is 6.71 Å². The molecule has 0 spiro atoms. The maximum absolute atomic E-state index is 2.56. The molecule has 0 saturated heterocycles. The molecule has 8 rings (SSSR count). The second-order valence-corrected chi connectivity index (χ2v) is 13.6. The topological polar surface area (TPSA) is 6.48 Å². The summed E-state index contributed by atoms with van der Waals surface area (Å²) in [5, 5.41) is 0. The molecule has 6 aromatic rings. The van der Waals surface area contributed by atoms with Crippen molar-refractivity contribution in [3.63, 3.8) is 0 Å². The lowest BCUT2D eigenvalue weighted by atomic mass is 9.32. The fourth-order valence-corrected chi connectivity index (χ4v) is 8.22. The lowest BCUT2D eigenvalue weighted by Crippen LogP contribution is -2.62. The van der Waals surface area contributed by atoms with E-state index in [0.717, 1.165) is 0 Å². The van der Waals surface area contributed by atoms with Crippen LogP contribution in [-0.4, -0.2) is 6.71 Å². The highest BCUT2D eigenvalue weighted by Gasteiger charge is 2.44. The standard InChI is InChI=1S/C43H39BN2/c1-26-16-27(2)20-34(19-26)45-38-15-11-10-14-37(38)44-42-32(7)18-30(5)23-39(42)46(35-21-28(3)17-29(4)22-35)41-25-33(24-40(45)43(41)44)36-13-9-8-12-31(36)6/h8-25H,1-7H3. The molecule has 0 fully saturated rings. The van der Waals surface area contributed by atoms with E-state index in [4.69, 9.17) is 0 Å². The first kappa shape index (κ1) is 28.5. The first-order valence-electron chi connectivity index (χ1n) is 16.4. The minimum Gasteiger partial charge on any atom is -0.311 e. The number of hydrogen-bond donors (Lipinski definition) is 0. The van der Waals surface area contributed by atoms with E-state index in [1.807, 2.05) is 0 Å². The fraction of sp³-hybridized carbons (Fsp3) is 0.163. The van der Waals surface area contributed by atoms with Gasteiger partial charge in [0.2, 0.25) is 0 Å². The fourth-order valence-electron chi connectivity index (χ4n) is 8.22. The van der Waals surface area contributed by atoms with Crippen LogP contribution >= 0.6 is 0 Å². The van der Waals surface area contributed by atoms with Crippen molar-refractivity contribution in [3.05, 3.63) is 148 Å². The van der Waals surface area contributed by atoms with Crippen LogP contribution in [0.3, 0.4) is 0 Å². The molecule has 0 N–H and O–H groups in total. The largest absolute Gasteiger partial charge is 0.311 e. The maximum atomic E-state index is 2.56. The van der Waals surface area contributed by atoms with Crippen LogP contribution in [0.5, 0.6) is 0 Å². The minimum atomic E-state index is 0.118. The molecule has 3 heteroatoms. The van der Waals surface area contributed by atoms with Gasteiger partial charge in [-0.2, -0.15) is 0 Å². The number of fused-ring (bicyclic) bond motifs is 4. The molecular formula is C43H39BN2. The summed E-state index contributed by atoms with van der Waals surface area (Å²) in [7, 11) is 0. The van der Waals surface area contributed by atoms with Gasteiger partial charge in [0.1, 0.15) is 0 Å². The predicted molar refractivity (Wildman–Crippen MR) is 199 cm³/mol. The smallest absolute Gasteiger partial charge is 0.252 e. The molecule has 2 aliphatic heterocycles. The van der Waals surface area contributed by atoms with Gasteiger partial charge in [0, 0.05) is 34.1 Å². The third-order valence-corrected chi connectivity index (χ3v) is 9.82. The Hall–Kier alpha value is -5.02. The molecule has 0 radical (unpaired) electrons. The van der Waals surface area contributed by atoms with Crippen molar-refractivity contribution in [2.24, 2.45) is 0 Å². The summed E-state index contributed by atoms with van der Waals surface area (Å²) in [6.45, 7) is 15.7. The second kappa shape index (κ2) is 10.5. The van der Waals surface area contributed by atoms with E-state index in [-0.39, 0.29) is 6.71 Å². The summed E-state index contributed by atoms with van der Waals surface area (Å²) in [4.78, 5) is 5.08. The summed E-state index contributed by atoms with van der Waals surface area (Å²) in [5.41, 5.74) is 23.1. The molecule has 0 aromatic heterocycles. The number of rotatable bonds is 3. The number of hydrogen-bond acceptors (Lipinski definition) is 2. The molecule has 0 bridgehead atoms. The Morgan fingerprint density at radius 3 is 1.52 bits per heavy atom. The van der Waals surface area contributed by atoms with Gasteiger partial charge >= 0.3 is 0 Å². The molecule has 0 saturated carbocycles. The maximum Gasteiger partial charge on any atom is 0.252 e. The van der Waals surface area contributed by atoms with E-state index >= 15 is 0 Å². The van der Waals surface area contributed by atoms with Crippen LogP contribution in [0.25, 0.3) is 11.1 Å². The molecule has 6 aromatic carbocycles. The van der Waals surface area contributed by atoms with Gasteiger partial charge < -0.3 is 9.80 Å². The highest BCUT2D eigenvalue weighted by Crippen LogP contribution is 2.47. The molecule has 224 valence electrons. The van der Waals surface area contributed by atoms with Crippen LogP contribution in [0.4, 0.5) is 34.1 Å². The van der Waals surface area contributed by atoms with Crippen LogP contribution in [0.2, 0.25) is 0 Å². The van der Waals surface area contributed by atoms with Gasteiger partial charge in [-0.1, -0.05) is 66.2 Å². The number of benzene rings is 6. The number of nitrogens with zero attached hydrogens (tertiary/aromatic N) is 2. The Kier molecular flexibility index (Phi) is 6.51. The number of anilines is 6. The third-order valence-electron chi connectivity index (χ3n) is 9.82.